The predicted molar refractivity (Wildman–Crippen MR) is 94.2 cm³/mol. The number of ketones is 1. The van der Waals surface area contributed by atoms with Crippen molar-refractivity contribution in [2.45, 2.75) is 13.5 Å². The third-order valence-electron chi connectivity index (χ3n) is 3.80. The van der Waals surface area contributed by atoms with Crippen LogP contribution in [0.1, 0.15) is 26.4 Å². The van der Waals surface area contributed by atoms with Gasteiger partial charge in [-0.3, -0.25) is 9.78 Å². The minimum atomic E-state index is -2.94. The first-order chi connectivity index (χ1) is 12.9. The van der Waals surface area contributed by atoms with Crippen molar-refractivity contribution in [3.63, 3.8) is 0 Å². The standard InChI is InChI=1S/C20H15F2NO4/c1-12-10-16(15-4-2-3-5-17(15)23-12)19(25)26-11-18(24)13-6-8-14(9-7-13)27-20(21)22/h2-10,20H,11H2,1H3. The Labute approximate surface area is 153 Å². The third kappa shape index (κ3) is 4.44. The first-order valence-corrected chi connectivity index (χ1v) is 8.05. The molecule has 0 fully saturated rings. The average Bonchev–Trinajstić information content (AvgIpc) is 2.65. The van der Waals surface area contributed by atoms with Crippen LogP contribution in [0.4, 0.5) is 8.78 Å². The molecule has 0 aliphatic carbocycles. The molecule has 2 aromatic carbocycles. The van der Waals surface area contributed by atoms with Crippen LogP contribution >= 0.6 is 0 Å². The number of hydrogen-bond acceptors (Lipinski definition) is 5. The van der Waals surface area contributed by atoms with E-state index in [1.165, 1.54) is 24.3 Å². The summed E-state index contributed by atoms with van der Waals surface area (Å²) < 4.78 is 33.6. The third-order valence-corrected chi connectivity index (χ3v) is 3.80. The van der Waals surface area contributed by atoms with Gasteiger partial charge in [-0.25, -0.2) is 4.79 Å². The molecule has 0 aliphatic heterocycles. The number of rotatable bonds is 6. The lowest BCUT2D eigenvalue weighted by molar-refractivity contribution is -0.0498. The highest BCUT2D eigenvalue weighted by molar-refractivity contribution is 6.05. The van der Waals surface area contributed by atoms with E-state index >= 15 is 0 Å². The quantitative estimate of drug-likeness (QED) is 0.480. The number of carbonyl (C=O) groups excluding carboxylic acids is 2. The Balaban J connectivity index is 1.70. The van der Waals surface area contributed by atoms with Crippen LogP contribution in [-0.2, 0) is 4.74 Å². The summed E-state index contributed by atoms with van der Waals surface area (Å²) in [6, 6.07) is 13.9. The van der Waals surface area contributed by atoms with Crippen LogP contribution in [-0.4, -0.2) is 30.0 Å². The van der Waals surface area contributed by atoms with E-state index in [2.05, 4.69) is 9.72 Å². The lowest BCUT2D eigenvalue weighted by Crippen LogP contribution is -2.15. The van der Waals surface area contributed by atoms with Crippen LogP contribution in [0, 0.1) is 6.92 Å². The van der Waals surface area contributed by atoms with Gasteiger partial charge in [0.2, 0.25) is 0 Å². The first-order valence-electron chi connectivity index (χ1n) is 8.05. The van der Waals surface area contributed by atoms with Crippen molar-refractivity contribution in [3.8, 4) is 5.75 Å². The summed E-state index contributed by atoms with van der Waals surface area (Å²) in [6.45, 7) is -1.65. The van der Waals surface area contributed by atoms with Gasteiger partial charge >= 0.3 is 12.6 Å². The van der Waals surface area contributed by atoms with Crippen LogP contribution in [0.3, 0.4) is 0 Å². The molecule has 1 aromatic heterocycles. The largest absolute Gasteiger partial charge is 0.454 e. The zero-order chi connectivity index (χ0) is 19.4. The van der Waals surface area contributed by atoms with Crippen LogP contribution in [0.15, 0.2) is 54.6 Å². The van der Waals surface area contributed by atoms with Gasteiger partial charge in [-0.05, 0) is 43.3 Å². The SMILES string of the molecule is Cc1cc(C(=O)OCC(=O)c2ccc(OC(F)F)cc2)c2ccccc2n1. The lowest BCUT2D eigenvalue weighted by atomic mass is 10.1. The molecule has 3 rings (SSSR count). The van der Waals surface area contributed by atoms with Crippen molar-refractivity contribution in [3.05, 3.63) is 71.4 Å². The second-order valence-corrected chi connectivity index (χ2v) is 5.73. The zero-order valence-corrected chi connectivity index (χ0v) is 14.3. The average molecular weight is 371 g/mol. The van der Waals surface area contributed by atoms with E-state index in [1.807, 2.05) is 6.07 Å². The van der Waals surface area contributed by atoms with Gasteiger partial charge in [0.05, 0.1) is 11.1 Å². The number of fused-ring (bicyclic) bond motifs is 1. The number of ether oxygens (including phenoxy) is 2. The molecule has 0 bridgehead atoms. The molecule has 0 spiro atoms. The minimum Gasteiger partial charge on any atom is -0.454 e. The Bertz CT molecular complexity index is 987. The molecule has 0 saturated heterocycles. The Hall–Kier alpha value is -3.35. The molecule has 5 nitrogen and oxygen atoms in total. The molecule has 138 valence electrons. The number of para-hydroxylation sites is 1. The molecular formula is C20H15F2NO4. The number of aromatic nitrogens is 1. The summed E-state index contributed by atoms with van der Waals surface area (Å²) in [5.41, 5.74) is 1.86. The number of nitrogens with zero attached hydrogens (tertiary/aromatic N) is 1. The number of pyridine rings is 1. The molecule has 0 N–H and O–H groups in total. The number of hydrogen-bond donors (Lipinski definition) is 0. The fourth-order valence-electron chi connectivity index (χ4n) is 2.59. The Morgan fingerprint density at radius 3 is 2.48 bits per heavy atom. The molecule has 0 radical (unpaired) electrons. The van der Waals surface area contributed by atoms with E-state index in [4.69, 9.17) is 4.74 Å². The summed E-state index contributed by atoms with van der Waals surface area (Å²) in [6.07, 6.45) is 0. The summed E-state index contributed by atoms with van der Waals surface area (Å²) in [7, 11) is 0. The smallest absolute Gasteiger partial charge is 0.387 e. The monoisotopic (exact) mass is 371 g/mol. The Morgan fingerprint density at radius 1 is 1.07 bits per heavy atom. The molecule has 0 amide bonds. The number of aryl methyl sites for hydroxylation is 1. The van der Waals surface area contributed by atoms with E-state index in [0.29, 0.717) is 22.2 Å². The van der Waals surface area contributed by atoms with Crippen molar-refractivity contribution < 1.29 is 27.8 Å². The van der Waals surface area contributed by atoms with Crippen LogP contribution in [0.5, 0.6) is 5.75 Å². The molecule has 0 atom stereocenters. The van der Waals surface area contributed by atoms with E-state index < -0.39 is 25.0 Å². The van der Waals surface area contributed by atoms with Crippen molar-refractivity contribution in [1.29, 1.82) is 0 Å². The van der Waals surface area contributed by atoms with Gasteiger partial charge < -0.3 is 9.47 Å². The molecule has 0 unspecified atom stereocenters. The highest BCUT2D eigenvalue weighted by Crippen LogP contribution is 2.19. The van der Waals surface area contributed by atoms with Crippen molar-refractivity contribution in [2.75, 3.05) is 6.61 Å². The van der Waals surface area contributed by atoms with Crippen LogP contribution in [0.25, 0.3) is 10.9 Å². The van der Waals surface area contributed by atoms with Gasteiger partial charge in [-0.1, -0.05) is 18.2 Å². The Kier molecular flexibility index (Phi) is 5.40. The first kappa shape index (κ1) is 18.4. The van der Waals surface area contributed by atoms with E-state index in [-0.39, 0.29) is 11.3 Å². The fourth-order valence-corrected chi connectivity index (χ4v) is 2.59. The fraction of sp³-hybridized carbons (Fsp3) is 0.150. The second kappa shape index (κ2) is 7.90. The van der Waals surface area contributed by atoms with Crippen molar-refractivity contribution in [1.82, 2.24) is 4.98 Å². The topological polar surface area (TPSA) is 65.5 Å². The molecule has 0 aliphatic rings. The number of Topliss-reactive ketones (excluding diaryl/α,β-unsaturated/α-hetero) is 1. The molecule has 27 heavy (non-hydrogen) atoms. The summed E-state index contributed by atoms with van der Waals surface area (Å²) in [5, 5.41) is 0.633. The maximum Gasteiger partial charge on any atom is 0.387 e. The molecule has 7 heteroatoms. The van der Waals surface area contributed by atoms with Gasteiger partial charge in [-0.15, -0.1) is 0 Å². The van der Waals surface area contributed by atoms with E-state index in [9.17, 15) is 18.4 Å². The number of benzene rings is 2. The normalized spacial score (nSPS) is 10.8. The highest BCUT2D eigenvalue weighted by atomic mass is 19.3. The van der Waals surface area contributed by atoms with Gasteiger partial charge in [0.1, 0.15) is 5.75 Å². The molecule has 0 saturated carbocycles. The number of esters is 1. The number of alkyl halides is 2. The van der Waals surface area contributed by atoms with E-state index in [1.54, 1.807) is 31.2 Å². The highest BCUT2D eigenvalue weighted by Gasteiger charge is 2.16. The summed E-state index contributed by atoms with van der Waals surface area (Å²) in [5.74, 6) is -1.15. The Morgan fingerprint density at radius 2 is 1.78 bits per heavy atom. The second-order valence-electron chi connectivity index (χ2n) is 5.73. The summed E-state index contributed by atoms with van der Waals surface area (Å²) in [4.78, 5) is 28.9. The van der Waals surface area contributed by atoms with Gasteiger partial charge in [-0.2, -0.15) is 8.78 Å². The minimum absolute atomic E-state index is 0.0581. The van der Waals surface area contributed by atoms with Crippen molar-refractivity contribution >= 4 is 22.7 Å². The maximum atomic E-state index is 12.4. The number of carbonyl (C=O) groups is 2. The van der Waals surface area contributed by atoms with Gasteiger partial charge in [0, 0.05) is 16.6 Å². The van der Waals surface area contributed by atoms with Crippen molar-refractivity contribution in [2.24, 2.45) is 0 Å². The molecule has 3 aromatic rings. The summed E-state index contributed by atoms with van der Waals surface area (Å²) >= 11 is 0. The lowest BCUT2D eigenvalue weighted by Gasteiger charge is -2.09. The predicted octanol–water partition coefficient (Wildman–Crippen LogP) is 4.18. The van der Waals surface area contributed by atoms with Gasteiger partial charge in [0.15, 0.2) is 12.4 Å². The van der Waals surface area contributed by atoms with Gasteiger partial charge in [0.25, 0.3) is 0 Å². The molecular weight excluding hydrogens is 356 g/mol. The van der Waals surface area contributed by atoms with E-state index in [0.717, 1.165) is 0 Å². The van der Waals surface area contributed by atoms with Crippen LogP contribution in [0.2, 0.25) is 0 Å². The maximum absolute atomic E-state index is 12.4. The number of halogens is 2. The molecule has 1 heterocycles. The zero-order valence-electron chi connectivity index (χ0n) is 14.3. The van der Waals surface area contributed by atoms with Crippen LogP contribution < -0.4 is 4.74 Å².